The molecule has 2 heterocycles. The summed E-state index contributed by atoms with van der Waals surface area (Å²) in [5.41, 5.74) is 3.00. The number of aryl methyl sites for hydroxylation is 3. The number of carbonyl (C=O) groups is 2. The number of benzene rings is 1. The van der Waals surface area contributed by atoms with E-state index >= 15 is 0 Å². The first-order valence-electron chi connectivity index (χ1n) is 10.8. The van der Waals surface area contributed by atoms with Gasteiger partial charge in [0.15, 0.2) is 0 Å². The van der Waals surface area contributed by atoms with Crippen molar-refractivity contribution < 1.29 is 14.1 Å². The summed E-state index contributed by atoms with van der Waals surface area (Å²) in [5, 5.41) is 6.91. The van der Waals surface area contributed by atoms with Crippen molar-refractivity contribution in [2.45, 2.75) is 46.0 Å². The highest BCUT2D eigenvalue weighted by Crippen LogP contribution is 2.15. The predicted molar refractivity (Wildman–Crippen MR) is 115 cm³/mol. The Bertz CT molecular complexity index is 807. The zero-order valence-corrected chi connectivity index (χ0v) is 18.0. The molecule has 1 aromatic heterocycles. The van der Waals surface area contributed by atoms with E-state index in [4.69, 9.17) is 4.52 Å². The second-order valence-electron chi connectivity index (χ2n) is 7.88. The Morgan fingerprint density at radius 1 is 1.00 bits per heavy atom. The first-order valence-corrected chi connectivity index (χ1v) is 10.8. The Morgan fingerprint density at radius 3 is 2.37 bits per heavy atom. The standard InChI is InChI=1S/C23H32N4O3/c1-18-21(19(2)30-25-18)17-22(28)26-13-15-27(16-14-26)23(29)24-12-8-4-7-11-20-9-5-3-6-10-20/h3,5-6,9-10H,4,7-8,11-17H2,1-2H3,(H,24,29). The third-order valence-corrected chi connectivity index (χ3v) is 5.69. The number of unbranched alkanes of at least 4 members (excludes halogenated alkanes) is 2. The van der Waals surface area contributed by atoms with E-state index in [1.165, 1.54) is 5.56 Å². The van der Waals surface area contributed by atoms with E-state index < -0.39 is 0 Å². The highest BCUT2D eigenvalue weighted by Gasteiger charge is 2.25. The average Bonchev–Trinajstić information content (AvgIpc) is 3.08. The van der Waals surface area contributed by atoms with Crippen LogP contribution in [0.15, 0.2) is 34.9 Å². The number of urea groups is 1. The molecule has 1 aliphatic heterocycles. The summed E-state index contributed by atoms with van der Waals surface area (Å²) in [4.78, 5) is 28.5. The van der Waals surface area contributed by atoms with E-state index in [0.717, 1.165) is 36.9 Å². The largest absolute Gasteiger partial charge is 0.361 e. The Kier molecular flexibility index (Phi) is 7.88. The summed E-state index contributed by atoms with van der Waals surface area (Å²) in [6, 6.07) is 10.4. The predicted octanol–water partition coefficient (Wildman–Crippen LogP) is 3.10. The van der Waals surface area contributed by atoms with Gasteiger partial charge in [0.2, 0.25) is 5.91 Å². The number of amides is 3. The lowest BCUT2D eigenvalue weighted by molar-refractivity contribution is -0.131. The zero-order valence-electron chi connectivity index (χ0n) is 18.0. The van der Waals surface area contributed by atoms with Crippen molar-refractivity contribution in [1.82, 2.24) is 20.3 Å². The van der Waals surface area contributed by atoms with Crippen LogP contribution in [0.3, 0.4) is 0 Å². The number of rotatable bonds is 8. The summed E-state index contributed by atoms with van der Waals surface area (Å²) < 4.78 is 5.13. The molecule has 1 saturated heterocycles. The summed E-state index contributed by atoms with van der Waals surface area (Å²) in [7, 11) is 0. The summed E-state index contributed by atoms with van der Waals surface area (Å²) in [6.07, 6.45) is 4.59. The molecule has 0 bridgehead atoms. The first kappa shape index (κ1) is 21.9. The minimum atomic E-state index is -0.0316. The Morgan fingerprint density at radius 2 is 1.70 bits per heavy atom. The Balaban J connectivity index is 1.30. The van der Waals surface area contributed by atoms with Crippen molar-refractivity contribution in [2.75, 3.05) is 32.7 Å². The van der Waals surface area contributed by atoms with Gasteiger partial charge in [0.05, 0.1) is 12.1 Å². The third-order valence-electron chi connectivity index (χ3n) is 5.69. The van der Waals surface area contributed by atoms with Gasteiger partial charge in [-0.1, -0.05) is 41.9 Å². The van der Waals surface area contributed by atoms with E-state index in [0.29, 0.717) is 44.9 Å². The number of hydrogen-bond donors (Lipinski definition) is 1. The van der Waals surface area contributed by atoms with Gasteiger partial charge in [-0.3, -0.25) is 4.79 Å². The maximum atomic E-state index is 12.6. The molecule has 1 aromatic carbocycles. The molecule has 1 fully saturated rings. The van der Waals surface area contributed by atoms with E-state index in [1.54, 1.807) is 4.90 Å². The third kappa shape index (κ3) is 6.08. The van der Waals surface area contributed by atoms with Crippen molar-refractivity contribution in [3.8, 4) is 0 Å². The van der Waals surface area contributed by atoms with Gasteiger partial charge in [0, 0.05) is 38.3 Å². The minimum Gasteiger partial charge on any atom is -0.361 e. The maximum Gasteiger partial charge on any atom is 0.317 e. The molecule has 30 heavy (non-hydrogen) atoms. The van der Waals surface area contributed by atoms with E-state index in [2.05, 4.69) is 34.7 Å². The smallest absolute Gasteiger partial charge is 0.317 e. The van der Waals surface area contributed by atoms with Crippen molar-refractivity contribution in [3.05, 3.63) is 52.9 Å². The van der Waals surface area contributed by atoms with Crippen molar-refractivity contribution in [3.63, 3.8) is 0 Å². The fourth-order valence-electron chi connectivity index (χ4n) is 3.76. The van der Waals surface area contributed by atoms with Gasteiger partial charge in [-0.15, -0.1) is 0 Å². The second kappa shape index (κ2) is 10.8. The molecule has 162 valence electrons. The monoisotopic (exact) mass is 412 g/mol. The number of nitrogens with one attached hydrogen (secondary N) is 1. The second-order valence-corrected chi connectivity index (χ2v) is 7.88. The molecular formula is C23H32N4O3. The van der Waals surface area contributed by atoms with Crippen LogP contribution in [0.4, 0.5) is 4.79 Å². The van der Waals surface area contributed by atoms with Crippen LogP contribution in [0.2, 0.25) is 0 Å². The molecule has 0 atom stereocenters. The van der Waals surface area contributed by atoms with Crippen LogP contribution in [0.1, 0.15) is 41.8 Å². The van der Waals surface area contributed by atoms with Gasteiger partial charge in [-0.2, -0.15) is 0 Å². The molecule has 1 aliphatic rings. The van der Waals surface area contributed by atoms with Gasteiger partial charge in [-0.05, 0) is 38.7 Å². The van der Waals surface area contributed by atoms with Gasteiger partial charge >= 0.3 is 6.03 Å². The van der Waals surface area contributed by atoms with Crippen LogP contribution in [0.5, 0.6) is 0 Å². The highest BCUT2D eigenvalue weighted by molar-refractivity contribution is 5.80. The van der Waals surface area contributed by atoms with Gasteiger partial charge in [-0.25, -0.2) is 4.79 Å². The molecule has 2 aromatic rings. The van der Waals surface area contributed by atoms with Crippen LogP contribution >= 0.6 is 0 Å². The van der Waals surface area contributed by atoms with Crippen LogP contribution in [0.25, 0.3) is 0 Å². The van der Waals surface area contributed by atoms with E-state index in [1.807, 2.05) is 24.8 Å². The lowest BCUT2D eigenvalue weighted by Crippen LogP contribution is -2.53. The molecule has 7 nitrogen and oxygen atoms in total. The van der Waals surface area contributed by atoms with Crippen LogP contribution in [-0.2, 0) is 17.6 Å². The van der Waals surface area contributed by atoms with Gasteiger partial charge in [0.25, 0.3) is 0 Å². The molecule has 3 rings (SSSR count). The Hall–Kier alpha value is -2.83. The Labute approximate surface area is 178 Å². The molecule has 0 radical (unpaired) electrons. The van der Waals surface area contributed by atoms with Gasteiger partial charge < -0.3 is 19.6 Å². The number of hydrogen-bond acceptors (Lipinski definition) is 4. The topological polar surface area (TPSA) is 78.7 Å². The number of nitrogens with zero attached hydrogens (tertiary/aromatic N) is 3. The first-order chi connectivity index (χ1) is 14.5. The minimum absolute atomic E-state index is 0.0316. The molecule has 0 saturated carbocycles. The summed E-state index contributed by atoms with van der Waals surface area (Å²) >= 11 is 0. The van der Waals surface area contributed by atoms with Crippen molar-refractivity contribution in [1.29, 1.82) is 0 Å². The van der Waals surface area contributed by atoms with Crippen LogP contribution in [-0.4, -0.2) is 59.6 Å². The number of aromatic nitrogens is 1. The van der Waals surface area contributed by atoms with Crippen LogP contribution < -0.4 is 5.32 Å². The lowest BCUT2D eigenvalue weighted by atomic mass is 10.1. The molecule has 0 aliphatic carbocycles. The van der Waals surface area contributed by atoms with Crippen LogP contribution in [0, 0.1) is 13.8 Å². The normalized spacial score (nSPS) is 14.1. The average molecular weight is 413 g/mol. The van der Waals surface area contributed by atoms with E-state index in [9.17, 15) is 9.59 Å². The number of carbonyl (C=O) groups excluding carboxylic acids is 2. The SMILES string of the molecule is Cc1noc(C)c1CC(=O)N1CCN(C(=O)NCCCCCc2ccccc2)CC1. The van der Waals surface area contributed by atoms with Crippen molar-refractivity contribution in [2.24, 2.45) is 0 Å². The van der Waals surface area contributed by atoms with Gasteiger partial charge in [0.1, 0.15) is 5.76 Å². The number of piperazine rings is 1. The zero-order chi connectivity index (χ0) is 21.3. The molecule has 3 amide bonds. The fourth-order valence-corrected chi connectivity index (χ4v) is 3.76. The quantitative estimate of drug-likeness (QED) is 0.676. The lowest BCUT2D eigenvalue weighted by Gasteiger charge is -2.34. The molecule has 1 N–H and O–H groups in total. The molecular weight excluding hydrogens is 380 g/mol. The fraction of sp³-hybridized carbons (Fsp3) is 0.522. The summed E-state index contributed by atoms with van der Waals surface area (Å²) in [5.74, 6) is 0.755. The van der Waals surface area contributed by atoms with E-state index in [-0.39, 0.29) is 11.9 Å². The molecule has 0 unspecified atom stereocenters. The molecule has 7 heteroatoms. The maximum absolute atomic E-state index is 12.6. The molecule has 0 spiro atoms. The summed E-state index contributed by atoms with van der Waals surface area (Å²) in [6.45, 7) is 6.62. The van der Waals surface area contributed by atoms with Crippen molar-refractivity contribution >= 4 is 11.9 Å². The highest BCUT2D eigenvalue weighted by atomic mass is 16.5.